The van der Waals surface area contributed by atoms with Gasteiger partial charge in [0.15, 0.2) is 0 Å². The SMILES string of the molecule is CCC([AsH2])[C@@H](O)c1noc(C2CC2)n1. The zero-order valence-corrected chi connectivity index (χ0v) is 10.6. The summed E-state index contributed by atoms with van der Waals surface area (Å²) in [5.41, 5.74) is 0. The quantitative estimate of drug-likeness (QED) is 0.812. The van der Waals surface area contributed by atoms with Gasteiger partial charge in [-0.15, -0.1) is 0 Å². The number of aliphatic hydroxyl groups excluding tert-OH is 1. The van der Waals surface area contributed by atoms with E-state index >= 15 is 0 Å². The molecule has 0 radical (unpaired) electrons. The minimum absolute atomic E-state index is 0.243. The van der Waals surface area contributed by atoms with Crippen molar-refractivity contribution in [3.05, 3.63) is 11.7 Å². The molecule has 0 spiro atoms. The van der Waals surface area contributed by atoms with E-state index in [1.54, 1.807) is 0 Å². The first-order valence-electron chi connectivity index (χ1n) is 4.99. The molecule has 2 rings (SSSR count). The Morgan fingerprint density at radius 2 is 2.36 bits per heavy atom. The Morgan fingerprint density at radius 1 is 1.64 bits per heavy atom. The standard InChI is InChI=1S/C9H15AsN2O2/c1-2-6(10)7(13)8-11-9(14-12-8)5-3-4-5/h5-7,13H,2-4,10H2,1H3/t6?,7-/m1/s1. The van der Waals surface area contributed by atoms with Gasteiger partial charge in [0, 0.05) is 0 Å². The van der Waals surface area contributed by atoms with Crippen LogP contribution < -0.4 is 0 Å². The van der Waals surface area contributed by atoms with Gasteiger partial charge in [0.25, 0.3) is 0 Å². The second kappa shape index (κ2) is 4.03. The van der Waals surface area contributed by atoms with Crippen molar-refractivity contribution in [3.63, 3.8) is 0 Å². The predicted octanol–water partition coefficient (Wildman–Crippen LogP) is 0.812. The summed E-state index contributed by atoms with van der Waals surface area (Å²) >= 11 is 1.52. The molecule has 1 fully saturated rings. The Hall–Kier alpha value is -0.342. The van der Waals surface area contributed by atoms with E-state index in [1.165, 1.54) is 16.9 Å². The molecule has 2 unspecified atom stereocenters. The molecule has 1 N–H and O–H groups in total. The zero-order valence-electron chi connectivity index (χ0n) is 8.18. The molecule has 4 nitrogen and oxygen atoms in total. The molecule has 78 valence electrons. The molecule has 1 aliphatic carbocycles. The fraction of sp³-hybridized carbons (Fsp3) is 0.778. The van der Waals surface area contributed by atoms with Crippen molar-refractivity contribution in [3.8, 4) is 0 Å². The second-order valence-corrected chi connectivity index (χ2v) is 5.58. The summed E-state index contributed by atoms with van der Waals surface area (Å²) in [5.74, 6) is 1.63. The molecule has 0 bridgehead atoms. The van der Waals surface area contributed by atoms with E-state index < -0.39 is 6.10 Å². The summed E-state index contributed by atoms with van der Waals surface area (Å²) in [6.45, 7) is 2.05. The van der Waals surface area contributed by atoms with Crippen LogP contribution in [0.1, 0.15) is 49.9 Å². The molecule has 0 aliphatic heterocycles. The van der Waals surface area contributed by atoms with Crippen LogP contribution in [-0.2, 0) is 0 Å². The van der Waals surface area contributed by atoms with Crippen LogP contribution in [0.3, 0.4) is 0 Å². The van der Waals surface area contributed by atoms with Crippen molar-refractivity contribution < 1.29 is 9.63 Å². The molecule has 3 atom stereocenters. The van der Waals surface area contributed by atoms with Gasteiger partial charge in [0.2, 0.25) is 0 Å². The average Bonchev–Trinajstić information content (AvgIpc) is 2.94. The summed E-state index contributed by atoms with van der Waals surface area (Å²) in [6.07, 6.45) is 2.67. The van der Waals surface area contributed by atoms with Crippen LogP contribution >= 0.6 is 0 Å². The fourth-order valence-electron chi connectivity index (χ4n) is 1.28. The van der Waals surface area contributed by atoms with Crippen molar-refractivity contribution in [2.24, 2.45) is 0 Å². The average molecular weight is 258 g/mol. The van der Waals surface area contributed by atoms with E-state index in [1.807, 2.05) is 0 Å². The van der Waals surface area contributed by atoms with Crippen molar-refractivity contribution in [1.82, 2.24) is 10.1 Å². The molecule has 0 saturated heterocycles. The Balaban J connectivity index is 2.07. The number of aromatic nitrogens is 2. The summed E-state index contributed by atoms with van der Waals surface area (Å²) in [7, 11) is 0. The zero-order chi connectivity index (χ0) is 10.1. The van der Waals surface area contributed by atoms with Crippen LogP contribution in [0, 0.1) is 0 Å². The molecular formula is C9H15AsN2O2. The Morgan fingerprint density at radius 3 is 2.93 bits per heavy atom. The van der Waals surface area contributed by atoms with Gasteiger partial charge in [-0.3, -0.25) is 0 Å². The van der Waals surface area contributed by atoms with E-state index in [0.717, 1.165) is 19.3 Å². The molecule has 5 heteroatoms. The summed E-state index contributed by atoms with van der Waals surface area (Å²) in [5, 5.41) is 13.7. The molecule has 0 amide bonds. The second-order valence-electron chi connectivity index (χ2n) is 3.78. The molecule has 0 aromatic carbocycles. The number of hydrogen-bond acceptors (Lipinski definition) is 4. The van der Waals surface area contributed by atoms with Crippen LogP contribution in [0.25, 0.3) is 0 Å². The van der Waals surface area contributed by atoms with Crippen LogP contribution in [0.5, 0.6) is 0 Å². The number of hydrogen-bond donors (Lipinski definition) is 1. The maximum atomic E-state index is 9.84. The Kier molecular flexibility index (Phi) is 2.93. The third-order valence-electron chi connectivity index (χ3n) is 2.53. The van der Waals surface area contributed by atoms with Crippen LogP contribution in [0.15, 0.2) is 4.52 Å². The molecule has 1 aliphatic rings. The number of rotatable bonds is 4. The predicted molar refractivity (Wildman–Crippen MR) is 53.8 cm³/mol. The normalized spacial score (nSPS) is 20.8. The van der Waals surface area contributed by atoms with E-state index in [2.05, 4.69) is 17.1 Å². The van der Waals surface area contributed by atoms with Gasteiger partial charge in [-0.2, -0.15) is 0 Å². The van der Waals surface area contributed by atoms with Gasteiger partial charge < -0.3 is 0 Å². The summed E-state index contributed by atoms with van der Waals surface area (Å²) < 4.78 is 5.33. The Labute approximate surface area is 91.6 Å². The molecule has 1 aromatic rings. The van der Waals surface area contributed by atoms with Gasteiger partial charge in [0.1, 0.15) is 0 Å². The first kappa shape index (κ1) is 10.2. The van der Waals surface area contributed by atoms with Gasteiger partial charge in [-0.25, -0.2) is 0 Å². The third kappa shape index (κ3) is 2.01. The summed E-state index contributed by atoms with van der Waals surface area (Å²) in [6, 6.07) is 0. The monoisotopic (exact) mass is 258 g/mol. The maximum absolute atomic E-state index is 9.84. The topological polar surface area (TPSA) is 59.2 Å². The molecule has 1 aromatic heterocycles. The van der Waals surface area contributed by atoms with Gasteiger partial charge >= 0.3 is 91.3 Å². The van der Waals surface area contributed by atoms with E-state index in [-0.39, 0.29) is 4.71 Å². The Bertz CT molecular complexity index is 312. The van der Waals surface area contributed by atoms with Gasteiger partial charge in [-0.1, -0.05) is 0 Å². The fourth-order valence-corrected chi connectivity index (χ4v) is 1.64. The van der Waals surface area contributed by atoms with E-state index in [4.69, 9.17) is 4.52 Å². The van der Waals surface area contributed by atoms with Crippen molar-refractivity contribution in [2.45, 2.75) is 42.9 Å². The van der Waals surface area contributed by atoms with Crippen LogP contribution in [-0.4, -0.2) is 32.1 Å². The van der Waals surface area contributed by atoms with Crippen LogP contribution in [0.2, 0.25) is 4.71 Å². The number of nitrogens with zero attached hydrogens (tertiary/aromatic N) is 2. The van der Waals surface area contributed by atoms with E-state index in [0.29, 0.717) is 17.6 Å². The molecule has 14 heavy (non-hydrogen) atoms. The number of aliphatic hydroxyl groups is 1. The first-order valence-corrected chi connectivity index (χ1v) is 6.39. The molecule has 1 heterocycles. The van der Waals surface area contributed by atoms with Gasteiger partial charge in [-0.05, 0) is 0 Å². The third-order valence-corrected chi connectivity index (χ3v) is 4.28. The minimum atomic E-state index is -0.559. The summed E-state index contributed by atoms with van der Waals surface area (Å²) in [4.78, 5) is 4.22. The van der Waals surface area contributed by atoms with Crippen molar-refractivity contribution in [2.75, 3.05) is 0 Å². The van der Waals surface area contributed by atoms with E-state index in [9.17, 15) is 5.11 Å². The molecule has 1 saturated carbocycles. The van der Waals surface area contributed by atoms with Crippen molar-refractivity contribution in [1.29, 1.82) is 0 Å². The van der Waals surface area contributed by atoms with Gasteiger partial charge in [0.05, 0.1) is 0 Å². The molecular weight excluding hydrogens is 243 g/mol. The van der Waals surface area contributed by atoms with Crippen LogP contribution in [0.4, 0.5) is 0 Å². The first-order chi connectivity index (χ1) is 6.72. The van der Waals surface area contributed by atoms with Crippen molar-refractivity contribution >= 4 is 16.9 Å².